The third kappa shape index (κ3) is 7.24. The minimum absolute atomic E-state index is 0.0311. The van der Waals surface area contributed by atoms with Gasteiger partial charge < -0.3 is 10.2 Å². The molecular weight excluding hydrogens is 276 g/mol. The maximum Gasteiger partial charge on any atom is 0.224 e. The zero-order chi connectivity index (χ0) is 15.0. The summed E-state index contributed by atoms with van der Waals surface area (Å²) in [6.45, 7) is 1.80. The molecule has 1 atom stereocenters. The molecule has 0 bridgehead atoms. The molecule has 0 spiro atoms. The number of rotatable bonds is 9. The first-order chi connectivity index (χ1) is 9.41. The molecular formula is C14H28N2O3S. The summed E-state index contributed by atoms with van der Waals surface area (Å²) in [5, 5.41) is 2.86. The van der Waals surface area contributed by atoms with Gasteiger partial charge in [-0.3, -0.25) is 4.79 Å². The van der Waals surface area contributed by atoms with Crippen LogP contribution in [0.1, 0.15) is 38.5 Å². The lowest BCUT2D eigenvalue weighted by Gasteiger charge is -2.10. The highest BCUT2D eigenvalue weighted by Crippen LogP contribution is 2.18. The topological polar surface area (TPSA) is 66.5 Å². The summed E-state index contributed by atoms with van der Waals surface area (Å²) >= 11 is 0. The zero-order valence-electron chi connectivity index (χ0n) is 12.7. The van der Waals surface area contributed by atoms with Crippen molar-refractivity contribution in [3.05, 3.63) is 0 Å². The van der Waals surface area contributed by atoms with Crippen molar-refractivity contribution in [1.82, 2.24) is 10.2 Å². The van der Waals surface area contributed by atoms with Crippen LogP contribution in [0.15, 0.2) is 0 Å². The Morgan fingerprint density at radius 1 is 1.15 bits per heavy atom. The van der Waals surface area contributed by atoms with Gasteiger partial charge in [0, 0.05) is 6.54 Å². The molecule has 1 amide bonds. The number of carbonyl (C=O) groups is 1. The molecule has 1 aliphatic rings. The van der Waals surface area contributed by atoms with Crippen molar-refractivity contribution in [2.75, 3.05) is 38.7 Å². The molecule has 20 heavy (non-hydrogen) atoms. The fourth-order valence-corrected chi connectivity index (χ4v) is 4.18. The van der Waals surface area contributed by atoms with E-state index in [1.54, 1.807) is 0 Å². The Balaban J connectivity index is 1.98. The van der Waals surface area contributed by atoms with Crippen LogP contribution in [-0.2, 0) is 14.6 Å². The fourth-order valence-electron chi connectivity index (χ4n) is 2.44. The van der Waals surface area contributed by atoms with E-state index in [9.17, 15) is 13.2 Å². The van der Waals surface area contributed by atoms with E-state index >= 15 is 0 Å². The first kappa shape index (κ1) is 17.4. The van der Waals surface area contributed by atoms with Gasteiger partial charge in [-0.15, -0.1) is 0 Å². The van der Waals surface area contributed by atoms with Crippen molar-refractivity contribution in [3.8, 4) is 0 Å². The standard InChI is InChI=1S/C14H28N2O3S/c1-16(2)10-7-5-3-4-6-9-15-14(17)13-8-11-20(18,19)12-13/h13H,3-12H2,1-2H3,(H,15,17). The van der Waals surface area contributed by atoms with Crippen molar-refractivity contribution in [2.24, 2.45) is 5.92 Å². The molecule has 0 saturated carbocycles. The Labute approximate surface area is 123 Å². The number of carbonyl (C=O) groups excluding carboxylic acids is 1. The maximum atomic E-state index is 11.8. The van der Waals surface area contributed by atoms with Gasteiger partial charge in [-0.05, 0) is 39.9 Å². The predicted octanol–water partition coefficient (Wildman–Crippen LogP) is 1.05. The van der Waals surface area contributed by atoms with E-state index < -0.39 is 9.84 Å². The Morgan fingerprint density at radius 3 is 2.40 bits per heavy atom. The van der Waals surface area contributed by atoms with Crippen LogP contribution in [0.4, 0.5) is 0 Å². The molecule has 0 aliphatic carbocycles. The minimum atomic E-state index is -2.96. The number of sulfone groups is 1. The Bertz CT molecular complexity index is 393. The summed E-state index contributed by atoms with van der Waals surface area (Å²) in [6.07, 6.45) is 6.23. The van der Waals surface area contributed by atoms with Gasteiger partial charge in [0.2, 0.25) is 5.91 Å². The second-order valence-electron chi connectivity index (χ2n) is 5.96. The van der Waals surface area contributed by atoms with Gasteiger partial charge in [0.1, 0.15) is 0 Å². The predicted molar refractivity (Wildman–Crippen MR) is 81.4 cm³/mol. The van der Waals surface area contributed by atoms with Crippen LogP contribution in [0.3, 0.4) is 0 Å². The van der Waals surface area contributed by atoms with Crippen molar-refractivity contribution >= 4 is 15.7 Å². The van der Waals surface area contributed by atoms with E-state index in [4.69, 9.17) is 0 Å². The first-order valence-corrected chi connectivity index (χ1v) is 9.36. The number of nitrogens with one attached hydrogen (secondary N) is 1. The third-order valence-electron chi connectivity index (χ3n) is 3.68. The molecule has 1 rings (SSSR count). The van der Waals surface area contributed by atoms with Gasteiger partial charge in [0.15, 0.2) is 9.84 Å². The molecule has 1 heterocycles. The molecule has 0 radical (unpaired) electrons. The normalized spacial score (nSPS) is 21.2. The number of hydrogen-bond donors (Lipinski definition) is 1. The molecule has 1 unspecified atom stereocenters. The van der Waals surface area contributed by atoms with Crippen molar-refractivity contribution in [3.63, 3.8) is 0 Å². The number of nitrogens with zero attached hydrogens (tertiary/aromatic N) is 1. The summed E-state index contributed by atoms with van der Waals surface area (Å²) in [5.74, 6) is -0.209. The molecule has 1 N–H and O–H groups in total. The Morgan fingerprint density at radius 2 is 1.80 bits per heavy atom. The maximum absolute atomic E-state index is 11.8. The van der Waals surface area contributed by atoms with Crippen LogP contribution in [0.25, 0.3) is 0 Å². The molecule has 1 aliphatic heterocycles. The van der Waals surface area contributed by atoms with E-state index in [1.807, 2.05) is 0 Å². The van der Waals surface area contributed by atoms with Gasteiger partial charge in [0.25, 0.3) is 0 Å². The molecule has 0 aromatic carbocycles. The van der Waals surface area contributed by atoms with E-state index in [0.717, 1.165) is 19.4 Å². The van der Waals surface area contributed by atoms with E-state index in [1.165, 1.54) is 19.3 Å². The largest absolute Gasteiger partial charge is 0.356 e. The monoisotopic (exact) mass is 304 g/mol. The molecule has 1 fully saturated rings. The van der Waals surface area contributed by atoms with Crippen LogP contribution in [0.5, 0.6) is 0 Å². The average molecular weight is 304 g/mol. The highest BCUT2D eigenvalue weighted by molar-refractivity contribution is 7.91. The second-order valence-corrected chi connectivity index (χ2v) is 8.19. The summed E-state index contributed by atoms with van der Waals surface area (Å²) in [5.41, 5.74) is 0. The molecule has 118 valence electrons. The number of hydrogen-bond acceptors (Lipinski definition) is 4. The fraction of sp³-hybridized carbons (Fsp3) is 0.929. The lowest BCUT2D eigenvalue weighted by Crippen LogP contribution is -2.32. The summed E-state index contributed by atoms with van der Waals surface area (Å²) in [7, 11) is 1.21. The number of amides is 1. The smallest absolute Gasteiger partial charge is 0.224 e. The van der Waals surface area contributed by atoms with Gasteiger partial charge in [-0.2, -0.15) is 0 Å². The lowest BCUT2D eigenvalue weighted by molar-refractivity contribution is -0.124. The lowest BCUT2D eigenvalue weighted by atomic mass is 10.1. The number of unbranched alkanes of at least 4 members (excludes halogenated alkanes) is 4. The quantitative estimate of drug-likeness (QED) is 0.647. The third-order valence-corrected chi connectivity index (χ3v) is 5.45. The molecule has 6 heteroatoms. The van der Waals surface area contributed by atoms with E-state index in [-0.39, 0.29) is 23.3 Å². The highest BCUT2D eigenvalue weighted by Gasteiger charge is 2.32. The van der Waals surface area contributed by atoms with Crippen LogP contribution in [0.2, 0.25) is 0 Å². The van der Waals surface area contributed by atoms with Gasteiger partial charge in [0.05, 0.1) is 17.4 Å². The summed E-state index contributed by atoms with van der Waals surface area (Å²) in [4.78, 5) is 14.0. The summed E-state index contributed by atoms with van der Waals surface area (Å²) in [6, 6.07) is 0. The molecule has 5 nitrogen and oxygen atoms in total. The zero-order valence-corrected chi connectivity index (χ0v) is 13.5. The first-order valence-electron chi connectivity index (χ1n) is 7.53. The SMILES string of the molecule is CN(C)CCCCCCCNC(=O)C1CCS(=O)(=O)C1. The molecule has 0 aromatic rings. The molecule has 0 aromatic heterocycles. The molecule has 1 saturated heterocycles. The Kier molecular flexibility index (Phi) is 7.51. The minimum Gasteiger partial charge on any atom is -0.356 e. The van der Waals surface area contributed by atoms with Crippen molar-refractivity contribution in [1.29, 1.82) is 0 Å². The van der Waals surface area contributed by atoms with Crippen molar-refractivity contribution in [2.45, 2.75) is 38.5 Å². The highest BCUT2D eigenvalue weighted by atomic mass is 32.2. The van der Waals surface area contributed by atoms with Crippen LogP contribution in [-0.4, -0.2) is 57.9 Å². The van der Waals surface area contributed by atoms with Gasteiger partial charge >= 0.3 is 0 Å². The van der Waals surface area contributed by atoms with E-state index in [2.05, 4.69) is 24.3 Å². The average Bonchev–Trinajstić information content (AvgIpc) is 2.72. The summed E-state index contributed by atoms with van der Waals surface area (Å²) < 4.78 is 22.6. The van der Waals surface area contributed by atoms with Crippen LogP contribution >= 0.6 is 0 Å². The van der Waals surface area contributed by atoms with E-state index in [0.29, 0.717) is 13.0 Å². The Hall–Kier alpha value is -0.620. The second kappa shape index (κ2) is 8.62. The van der Waals surface area contributed by atoms with Crippen LogP contribution in [0, 0.1) is 5.92 Å². The van der Waals surface area contributed by atoms with Gasteiger partial charge in [-0.1, -0.05) is 19.3 Å². The van der Waals surface area contributed by atoms with Crippen LogP contribution < -0.4 is 5.32 Å². The van der Waals surface area contributed by atoms with Gasteiger partial charge in [-0.25, -0.2) is 8.42 Å². The van der Waals surface area contributed by atoms with Crippen molar-refractivity contribution < 1.29 is 13.2 Å².